The van der Waals surface area contributed by atoms with Crippen molar-refractivity contribution in [3.05, 3.63) is 0 Å². The molecule has 0 aliphatic carbocycles. The highest BCUT2D eigenvalue weighted by molar-refractivity contribution is 7.59. The summed E-state index contributed by atoms with van der Waals surface area (Å²) in [6.45, 7) is 15.5. The lowest BCUT2D eigenvalue weighted by Crippen LogP contribution is -2.10. The summed E-state index contributed by atoms with van der Waals surface area (Å²) in [4.78, 5) is 0. The third-order valence-electron chi connectivity index (χ3n) is 1.79. The van der Waals surface area contributed by atoms with E-state index in [1.165, 1.54) is 6.92 Å². The van der Waals surface area contributed by atoms with Crippen LogP contribution < -0.4 is 0 Å². The zero-order chi connectivity index (χ0) is 11.0. The van der Waals surface area contributed by atoms with Crippen LogP contribution in [0.25, 0.3) is 0 Å². The summed E-state index contributed by atoms with van der Waals surface area (Å²) in [6, 6.07) is 1.75. The minimum atomic E-state index is 0.262. The molecule has 2 heteroatoms. The molecule has 0 fully saturated rings. The molecule has 0 rings (SSSR count). The molecule has 78 valence electrons. The Bertz CT molecular complexity index is 126. The molecule has 0 atom stereocenters. The van der Waals surface area contributed by atoms with E-state index in [0.29, 0.717) is 0 Å². The van der Waals surface area contributed by atoms with E-state index in [2.05, 4.69) is 41.5 Å². The van der Waals surface area contributed by atoms with E-state index in [-0.39, 0.29) is 7.92 Å². The summed E-state index contributed by atoms with van der Waals surface area (Å²) in [5, 5.41) is 7.32. The van der Waals surface area contributed by atoms with Gasteiger partial charge >= 0.3 is 0 Å². The van der Waals surface area contributed by atoms with Gasteiger partial charge in [0.1, 0.15) is 0 Å². The first kappa shape index (κ1) is 15.4. The Labute approximate surface area is 85.3 Å². The SMILES string of the molecule is CC#N.CC(C)P(C(C)C)C(C)C. The van der Waals surface area contributed by atoms with E-state index >= 15 is 0 Å². The zero-order valence-corrected chi connectivity index (χ0v) is 11.0. The summed E-state index contributed by atoms with van der Waals surface area (Å²) < 4.78 is 0. The van der Waals surface area contributed by atoms with Gasteiger partial charge < -0.3 is 0 Å². The summed E-state index contributed by atoms with van der Waals surface area (Å²) in [7, 11) is 0.262. The van der Waals surface area contributed by atoms with E-state index in [1.54, 1.807) is 6.07 Å². The lowest BCUT2D eigenvalue weighted by molar-refractivity contribution is 0.946. The second-order valence-corrected chi connectivity index (χ2v) is 7.94. The Balaban J connectivity index is 0. The van der Waals surface area contributed by atoms with Crippen molar-refractivity contribution < 1.29 is 0 Å². The van der Waals surface area contributed by atoms with Crippen LogP contribution in [0.2, 0.25) is 0 Å². The topological polar surface area (TPSA) is 23.8 Å². The minimum Gasteiger partial charge on any atom is -0.199 e. The van der Waals surface area contributed by atoms with Gasteiger partial charge in [0.05, 0.1) is 6.07 Å². The quantitative estimate of drug-likeness (QED) is 0.627. The standard InChI is InChI=1S/C9H21P.C2H3N/c1-7(2)10(8(3)4)9(5)6;1-2-3/h7-9H,1-6H3;1H3. The fourth-order valence-electron chi connectivity index (χ4n) is 1.79. The van der Waals surface area contributed by atoms with Crippen molar-refractivity contribution >= 4 is 7.92 Å². The number of hydrogen-bond donors (Lipinski definition) is 0. The Morgan fingerprint density at radius 3 is 1.00 bits per heavy atom. The molecule has 0 aromatic heterocycles. The van der Waals surface area contributed by atoms with Gasteiger partial charge in [-0.05, 0) is 17.0 Å². The molecule has 0 amide bonds. The van der Waals surface area contributed by atoms with Crippen LogP contribution in [0.5, 0.6) is 0 Å². The maximum atomic E-state index is 7.32. The maximum absolute atomic E-state index is 7.32. The molecule has 0 aromatic carbocycles. The molecule has 0 unspecified atom stereocenters. The van der Waals surface area contributed by atoms with Crippen LogP contribution in [-0.4, -0.2) is 17.0 Å². The van der Waals surface area contributed by atoms with E-state index in [9.17, 15) is 0 Å². The molecule has 0 spiro atoms. The van der Waals surface area contributed by atoms with Gasteiger partial charge in [0.15, 0.2) is 0 Å². The van der Waals surface area contributed by atoms with Crippen molar-refractivity contribution in [2.75, 3.05) is 0 Å². The van der Waals surface area contributed by atoms with Gasteiger partial charge in [-0.25, -0.2) is 0 Å². The highest BCUT2D eigenvalue weighted by Gasteiger charge is 2.19. The van der Waals surface area contributed by atoms with Crippen molar-refractivity contribution in [1.82, 2.24) is 0 Å². The summed E-state index contributed by atoms with van der Waals surface area (Å²) >= 11 is 0. The van der Waals surface area contributed by atoms with Crippen LogP contribution in [0, 0.1) is 11.3 Å². The first-order chi connectivity index (χ1) is 5.88. The lowest BCUT2D eigenvalue weighted by Gasteiger charge is -2.29. The molecule has 0 saturated carbocycles. The molecule has 0 bridgehead atoms. The van der Waals surface area contributed by atoms with Crippen molar-refractivity contribution in [3.63, 3.8) is 0 Å². The molecule has 0 aliphatic heterocycles. The molecule has 0 heterocycles. The Morgan fingerprint density at radius 2 is 1.00 bits per heavy atom. The fourth-order valence-corrected chi connectivity index (χ4v) is 5.37. The fraction of sp³-hybridized carbons (Fsp3) is 0.909. The molecule has 0 aromatic rings. The summed E-state index contributed by atoms with van der Waals surface area (Å²) in [6.07, 6.45) is 0. The summed E-state index contributed by atoms with van der Waals surface area (Å²) in [5.41, 5.74) is 2.69. The monoisotopic (exact) mass is 201 g/mol. The molecule has 0 N–H and O–H groups in total. The third kappa shape index (κ3) is 8.26. The molecule has 0 saturated heterocycles. The average molecular weight is 201 g/mol. The van der Waals surface area contributed by atoms with Crippen LogP contribution >= 0.6 is 7.92 Å². The molecule has 1 nitrogen and oxygen atoms in total. The first-order valence-electron chi connectivity index (χ1n) is 4.96. The zero-order valence-electron chi connectivity index (χ0n) is 10.1. The highest BCUT2D eigenvalue weighted by Crippen LogP contribution is 2.49. The normalized spacial score (nSPS) is 10.3. The Hall–Kier alpha value is -0.0800. The lowest BCUT2D eigenvalue weighted by atomic mass is 10.5. The molecule has 0 radical (unpaired) electrons. The highest BCUT2D eigenvalue weighted by atomic mass is 31.1. The van der Waals surface area contributed by atoms with Gasteiger partial charge in [-0.3, -0.25) is 0 Å². The van der Waals surface area contributed by atoms with Gasteiger partial charge in [0.2, 0.25) is 0 Å². The van der Waals surface area contributed by atoms with E-state index in [0.717, 1.165) is 17.0 Å². The molecule has 0 aliphatic rings. The second-order valence-electron chi connectivity index (χ2n) is 3.95. The van der Waals surface area contributed by atoms with Gasteiger partial charge in [0.25, 0.3) is 0 Å². The molecular formula is C11H24NP. The van der Waals surface area contributed by atoms with Gasteiger partial charge in [0, 0.05) is 6.92 Å². The predicted molar refractivity (Wildman–Crippen MR) is 63.6 cm³/mol. The number of nitriles is 1. The van der Waals surface area contributed by atoms with E-state index < -0.39 is 0 Å². The summed E-state index contributed by atoms with van der Waals surface area (Å²) in [5.74, 6) is 0. The third-order valence-corrected chi connectivity index (χ3v) is 5.37. The van der Waals surface area contributed by atoms with Gasteiger partial charge in [-0.1, -0.05) is 49.5 Å². The molecular weight excluding hydrogens is 177 g/mol. The maximum Gasteiger partial charge on any atom is 0.0587 e. The van der Waals surface area contributed by atoms with Crippen molar-refractivity contribution in [1.29, 1.82) is 5.26 Å². The van der Waals surface area contributed by atoms with E-state index in [1.807, 2.05) is 0 Å². The van der Waals surface area contributed by atoms with E-state index in [4.69, 9.17) is 5.26 Å². The van der Waals surface area contributed by atoms with Crippen LogP contribution in [-0.2, 0) is 0 Å². The van der Waals surface area contributed by atoms with Crippen molar-refractivity contribution in [2.24, 2.45) is 0 Å². The largest absolute Gasteiger partial charge is 0.199 e. The van der Waals surface area contributed by atoms with Crippen molar-refractivity contribution in [3.8, 4) is 6.07 Å². The minimum absolute atomic E-state index is 0.262. The second kappa shape index (κ2) is 8.52. The first-order valence-corrected chi connectivity index (χ1v) is 6.51. The number of hydrogen-bond acceptors (Lipinski definition) is 1. The van der Waals surface area contributed by atoms with Crippen LogP contribution in [0.3, 0.4) is 0 Å². The van der Waals surface area contributed by atoms with Crippen LogP contribution in [0.1, 0.15) is 48.5 Å². The van der Waals surface area contributed by atoms with Crippen LogP contribution in [0.15, 0.2) is 0 Å². The average Bonchev–Trinajstić information content (AvgIpc) is 1.84. The van der Waals surface area contributed by atoms with Gasteiger partial charge in [-0.2, -0.15) is 5.26 Å². The van der Waals surface area contributed by atoms with Crippen LogP contribution in [0.4, 0.5) is 0 Å². The Kier molecular flexibility index (Phi) is 10.1. The Morgan fingerprint density at radius 1 is 0.846 bits per heavy atom. The van der Waals surface area contributed by atoms with Crippen molar-refractivity contribution in [2.45, 2.75) is 65.4 Å². The molecule has 13 heavy (non-hydrogen) atoms. The predicted octanol–water partition coefficient (Wildman–Crippen LogP) is 4.22. The smallest absolute Gasteiger partial charge is 0.0587 e. The number of rotatable bonds is 3. The van der Waals surface area contributed by atoms with Gasteiger partial charge in [-0.15, -0.1) is 0 Å². The number of nitrogens with zero attached hydrogens (tertiary/aromatic N) is 1.